The summed E-state index contributed by atoms with van der Waals surface area (Å²) < 4.78 is 11.3. The molecule has 2 heterocycles. The number of carbonyl (C=O) groups excluding carboxylic acids is 1. The van der Waals surface area contributed by atoms with Crippen molar-refractivity contribution in [3.8, 4) is 11.3 Å². The van der Waals surface area contributed by atoms with Crippen molar-refractivity contribution in [1.29, 1.82) is 0 Å². The number of carbonyl (C=O) groups is 1. The number of benzene rings is 1. The number of aryl methyl sites for hydroxylation is 1. The number of hydrogen-bond donors (Lipinski definition) is 0. The summed E-state index contributed by atoms with van der Waals surface area (Å²) in [4.78, 5) is 18.5. The average molecular weight is 349 g/mol. The first kappa shape index (κ1) is 17.0. The minimum Gasteiger partial charge on any atom is -0.441 e. The Kier molecular flexibility index (Phi) is 5.53. The van der Waals surface area contributed by atoms with Gasteiger partial charge < -0.3 is 14.1 Å². The van der Waals surface area contributed by atoms with Gasteiger partial charge in [0.05, 0.1) is 18.9 Å². The molecule has 1 aromatic heterocycles. The Morgan fingerprint density at radius 3 is 2.92 bits per heavy atom. The van der Waals surface area contributed by atoms with E-state index in [2.05, 4.69) is 11.9 Å². The molecule has 1 aliphatic rings. The summed E-state index contributed by atoms with van der Waals surface area (Å²) in [6.07, 6.45) is 3.66. The minimum atomic E-state index is 0.128. The Morgan fingerprint density at radius 2 is 2.17 bits per heavy atom. The zero-order valence-electron chi connectivity index (χ0n) is 13.7. The highest BCUT2D eigenvalue weighted by Crippen LogP contribution is 2.23. The second-order valence-electron chi connectivity index (χ2n) is 5.87. The van der Waals surface area contributed by atoms with Gasteiger partial charge in [0.1, 0.15) is 0 Å². The van der Waals surface area contributed by atoms with E-state index in [4.69, 9.17) is 20.8 Å². The monoisotopic (exact) mass is 348 g/mol. The molecule has 2 aromatic rings. The van der Waals surface area contributed by atoms with E-state index in [0.717, 1.165) is 12.0 Å². The van der Waals surface area contributed by atoms with E-state index in [-0.39, 0.29) is 12.0 Å². The number of nitrogens with zero attached hydrogens (tertiary/aromatic N) is 2. The Labute approximate surface area is 146 Å². The summed E-state index contributed by atoms with van der Waals surface area (Å²) >= 11 is 5.89. The van der Waals surface area contributed by atoms with Crippen LogP contribution in [0.5, 0.6) is 0 Å². The predicted molar refractivity (Wildman–Crippen MR) is 91.9 cm³/mol. The molecular weight excluding hydrogens is 328 g/mol. The lowest BCUT2D eigenvalue weighted by Gasteiger charge is -2.32. The fourth-order valence-corrected chi connectivity index (χ4v) is 2.86. The van der Waals surface area contributed by atoms with Crippen molar-refractivity contribution < 1.29 is 13.9 Å². The number of aromatic nitrogens is 1. The molecule has 0 aliphatic carbocycles. The van der Waals surface area contributed by atoms with Crippen LogP contribution >= 0.6 is 11.6 Å². The van der Waals surface area contributed by atoms with Crippen molar-refractivity contribution in [2.24, 2.45) is 0 Å². The van der Waals surface area contributed by atoms with Crippen LogP contribution in [-0.2, 0) is 16.0 Å². The zero-order chi connectivity index (χ0) is 16.9. The van der Waals surface area contributed by atoms with E-state index >= 15 is 0 Å². The SMILES string of the molecule is CC[C@H]1CN(C(=O)CCc2ncc(-c3ccc(Cl)cc3)o2)CCO1. The summed E-state index contributed by atoms with van der Waals surface area (Å²) in [5.74, 6) is 1.39. The van der Waals surface area contributed by atoms with Gasteiger partial charge in [-0.1, -0.05) is 18.5 Å². The normalized spacial score (nSPS) is 17.9. The fraction of sp³-hybridized carbons (Fsp3) is 0.444. The number of halogens is 1. The van der Waals surface area contributed by atoms with E-state index in [1.165, 1.54) is 0 Å². The molecule has 1 aliphatic heterocycles. The maximum absolute atomic E-state index is 12.3. The minimum absolute atomic E-state index is 0.128. The van der Waals surface area contributed by atoms with Gasteiger partial charge in [0, 0.05) is 36.5 Å². The lowest BCUT2D eigenvalue weighted by molar-refractivity contribution is -0.138. The van der Waals surface area contributed by atoms with Crippen LogP contribution in [0.25, 0.3) is 11.3 Å². The van der Waals surface area contributed by atoms with Crippen LogP contribution < -0.4 is 0 Å². The molecule has 1 saturated heterocycles. The molecule has 1 aromatic carbocycles. The van der Waals surface area contributed by atoms with Gasteiger partial charge in [-0.05, 0) is 30.7 Å². The maximum Gasteiger partial charge on any atom is 0.223 e. The number of rotatable bonds is 5. The van der Waals surface area contributed by atoms with Crippen molar-refractivity contribution in [3.05, 3.63) is 41.4 Å². The van der Waals surface area contributed by atoms with Crippen molar-refractivity contribution in [2.75, 3.05) is 19.7 Å². The van der Waals surface area contributed by atoms with Gasteiger partial charge in [0.25, 0.3) is 0 Å². The lowest BCUT2D eigenvalue weighted by Crippen LogP contribution is -2.45. The second kappa shape index (κ2) is 7.81. The molecule has 128 valence electrons. The predicted octanol–water partition coefficient (Wildman–Crippen LogP) is 3.57. The number of hydrogen-bond acceptors (Lipinski definition) is 4. The van der Waals surface area contributed by atoms with Gasteiger partial charge in [0.2, 0.25) is 5.91 Å². The zero-order valence-corrected chi connectivity index (χ0v) is 14.5. The summed E-state index contributed by atoms with van der Waals surface area (Å²) in [7, 11) is 0. The van der Waals surface area contributed by atoms with Crippen molar-refractivity contribution in [2.45, 2.75) is 32.3 Å². The van der Waals surface area contributed by atoms with E-state index in [1.54, 1.807) is 6.20 Å². The molecule has 0 N–H and O–H groups in total. The summed E-state index contributed by atoms with van der Waals surface area (Å²) in [6, 6.07) is 7.39. The summed E-state index contributed by atoms with van der Waals surface area (Å²) in [5, 5.41) is 0.681. The van der Waals surface area contributed by atoms with Crippen LogP contribution in [0.3, 0.4) is 0 Å². The lowest BCUT2D eigenvalue weighted by atomic mass is 10.2. The molecule has 0 unspecified atom stereocenters. The standard InChI is InChI=1S/C18H21ClN2O3/c1-2-15-12-21(9-10-23-15)18(22)8-7-17-20-11-16(24-17)13-3-5-14(19)6-4-13/h3-6,11,15H,2,7-10,12H2,1H3/t15-/m0/s1. The molecule has 0 bridgehead atoms. The van der Waals surface area contributed by atoms with Crippen molar-refractivity contribution in [3.63, 3.8) is 0 Å². The van der Waals surface area contributed by atoms with E-state index in [9.17, 15) is 4.79 Å². The Morgan fingerprint density at radius 1 is 1.38 bits per heavy atom. The van der Waals surface area contributed by atoms with Crippen LogP contribution in [0, 0.1) is 0 Å². The Bertz CT molecular complexity index is 684. The second-order valence-corrected chi connectivity index (χ2v) is 6.30. The quantitative estimate of drug-likeness (QED) is 0.829. The van der Waals surface area contributed by atoms with Crippen molar-refractivity contribution in [1.82, 2.24) is 9.88 Å². The molecule has 1 amide bonds. The Hall–Kier alpha value is -1.85. The molecule has 6 heteroatoms. The first-order valence-electron chi connectivity index (χ1n) is 8.25. The van der Waals surface area contributed by atoms with Crippen LogP contribution in [0.4, 0.5) is 0 Å². The molecule has 24 heavy (non-hydrogen) atoms. The van der Waals surface area contributed by atoms with Crippen LogP contribution in [0.1, 0.15) is 25.7 Å². The highest BCUT2D eigenvalue weighted by molar-refractivity contribution is 6.30. The first-order chi connectivity index (χ1) is 11.7. The highest BCUT2D eigenvalue weighted by Gasteiger charge is 2.23. The van der Waals surface area contributed by atoms with E-state index in [1.807, 2.05) is 29.2 Å². The van der Waals surface area contributed by atoms with E-state index in [0.29, 0.717) is 49.2 Å². The third-order valence-corrected chi connectivity index (χ3v) is 4.43. The fourth-order valence-electron chi connectivity index (χ4n) is 2.74. The summed E-state index contributed by atoms with van der Waals surface area (Å²) in [5.41, 5.74) is 0.920. The van der Waals surface area contributed by atoms with Crippen LogP contribution in [0.15, 0.2) is 34.9 Å². The van der Waals surface area contributed by atoms with E-state index < -0.39 is 0 Å². The third-order valence-electron chi connectivity index (χ3n) is 4.18. The molecule has 0 spiro atoms. The average Bonchev–Trinajstić information content (AvgIpc) is 3.09. The molecule has 5 nitrogen and oxygen atoms in total. The van der Waals surface area contributed by atoms with Gasteiger partial charge >= 0.3 is 0 Å². The maximum atomic E-state index is 12.3. The van der Waals surface area contributed by atoms with Crippen LogP contribution in [-0.4, -0.2) is 41.6 Å². The third kappa shape index (κ3) is 4.16. The molecule has 1 fully saturated rings. The topological polar surface area (TPSA) is 55.6 Å². The van der Waals surface area contributed by atoms with Crippen molar-refractivity contribution >= 4 is 17.5 Å². The highest BCUT2D eigenvalue weighted by atomic mass is 35.5. The number of ether oxygens (including phenoxy) is 1. The van der Waals surface area contributed by atoms with Crippen LogP contribution in [0.2, 0.25) is 5.02 Å². The molecule has 0 radical (unpaired) electrons. The molecule has 0 saturated carbocycles. The van der Waals surface area contributed by atoms with Gasteiger partial charge in [-0.3, -0.25) is 4.79 Å². The molecule has 3 rings (SSSR count). The first-order valence-corrected chi connectivity index (χ1v) is 8.63. The van der Waals surface area contributed by atoms with Gasteiger partial charge in [0.15, 0.2) is 11.7 Å². The number of oxazole rings is 1. The Balaban J connectivity index is 1.55. The number of amides is 1. The number of morpholine rings is 1. The van der Waals surface area contributed by atoms with Gasteiger partial charge in [-0.15, -0.1) is 0 Å². The molecular formula is C18H21ClN2O3. The largest absolute Gasteiger partial charge is 0.441 e. The summed E-state index contributed by atoms with van der Waals surface area (Å²) in [6.45, 7) is 4.03. The smallest absolute Gasteiger partial charge is 0.223 e. The van der Waals surface area contributed by atoms with Gasteiger partial charge in [-0.2, -0.15) is 0 Å². The molecule has 1 atom stereocenters. The van der Waals surface area contributed by atoms with Gasteiger partial charge in [-0.25, -0.2) is 4.98 Å².